The molecule has 0 aromatic heterocycles. The maximum Gasteiger partial charge on any atom is 0.337 e. The van der Waals surface area contributed by atoms with E-state index < -0.39 is 0 Å². The monoisotopic (exact) mass is 384 g/mol. The first-order chi connectivity index (χ1) is 13.0. The van der Waals surface area contributed by atoms with E-state index in [4.69, 9.17) is 14.2 Å². The Kier molecular flexibility index (Phi) is 6.11. The second-order valence-electron chi connectivity index (χ2n) is 6.48. The minimum Gasteiger partial charge on any atom is -0.496 e. The molecule has 1 aliphatic rings. The molecule has 2 aromatic carbocycles. The van der Waals surface area contributed by atoms with Crippen LogP contribution in [0.5, 0.6) is 11.5 Å². The highest BCUT2D eigenvalue weighted by Crippen LogP contribution is 2.49. The fourth-order valence-electron chi connectivity index (χ4n) is 3.14. The van der Waals surface area contributed by atoms with Gasteiger partial charge in [0.1, 0.15) is 11.5 Å². The van der Waals surface area contributed by atoms with Crippen LogP contribution in [-0.2, 0) is 4.74 Å². The summed E-state index contributed by atoms with van der Waals surface area (Å²) in [7, 11) is 3.07. The number of hydrogen-bond acceptors (Lipinski definition) is 5. The average molecular weight is 384 g/mol. The van der Waals surface area contributed by atoms with Gasteiger partial charge in [0.05, 0.1) is 31.5 Å². The van der Waals surface area contributed by atoms with E-state index in [1.54, 1.807) is 7.11 Å². The SMILES string of the molecule is COC(=O)c1ccc(C2=C(c3c(OC)cccc3OC(C)C)SCC2)cc1. The van der Waals surface area contributed by atoms with Gasteiger partial charge in [-0.05, 0) is 55.7 Å². The third kappa shape index (κ3) is 4.14. The Morgan fingerprint density at radius 3 is 2.37 bits per heavy atom. The zero-order valence-electron chi connectivity index (χ0n) is 16.1. The fourth-order valence-corrected chi connectivity index (χ4v) is 4.39. The summed E-state index contributed by atoms with van der Waals surface area (Å²) in [5.41, 5.74) is 3.90. The molecule has 2 aromatic rings. The molecular formula is C22H24O4S. The van der Waals surface area contributed by atoms with E-state index in [9.17, 15) is 4.79 Å². The molecule has 5 heteroatoms. The number of methoxy groups -OCH3 is 2. The Morgan fingerprint density at radius 2 is 1.74 bits per heavy atom. The summed E-state index contributed by atoms with van der Waals surface area (Å²) >= 11 is 1.81. The van der Waals surface area contributed by atoms with Gasteiger partial charge in [-0.15, -0.1) is 11.8 Å². The molecule has 0 spiro atoms. The van der Waals surface area contributed by atoms with Crippen LogP contribution in [0.25, 0.3) is 10.5 Å². The topological polar surface area (TPSA) is 44.8 Å². The lowest BCUT2D eigenvalue weighted by molar-refractivity contribution is 0.0600. The molecule has 4 nitrogen and oxygen atoms in total. The molecule has 0 saturated heterocycles. The van der Waals surface area contributed by atoms with Crippen LogP contribution >= 0.6 is 11.8 Å². The smallest absolute Gasteiger partial charge is 0.337 e. The van der Waals surface area contributed by atoms with Gasteiger partial charge in [0.25, 0.3) is 0 Å². The van der Waals surface area contributed by atoms with E-state index in [2.05, 4.69) is 0 Å². The molecule has 0 N–H and O–H groups in total. The number of carbonyl (C=O) groups excluding carboxylic acids is 1. The standard InChI is InChI=1S/C22H24O4S/c1-14(2)26-19-7-5-6-18(24-3)20(19)21-17(12-13-27-21)15-8-10-16(11-9-15)22(23)25-4/h5-11,14H,12-13H2,1-4H3. The molecule has 27 heavy (non-hydrogen) atoms. The number of benzene rings is 2. The van der Waals surface area contributed by atoms with Crippen molar-refractivity contribution in [2.24, 2.45) is 0 Å². The molecule has 1 heterocycles. The van der Waals surface area contributed by atoms with E-state index >= 15 is 0 Å². The number of ether oxygens (including phenoxy) is 3. The summed E-state index contributed by atoms with van der Waals surface area (Å²) in [6.07, 6.45) is 1.03. The Balaban J connectivity index is 2.08. The van der Waals surface area contributed by atoms with Crippen LogP contribution in [0.2, 0.25) is 0 Å². The van der Waals surface area contributed by atoms with Gasteiger partial charge in [-0.25, -0.2) is 4.79 Å². The molecular weight excluding hydrogens is 360 g/mol. The molecule has 0 bridgehead atoms. The van der Waals surface area contributed by atoms with E-state index in [0.29, 0.717) is 5.56 Å². The maximum absolute atomic E-state index is 11.7. The molecule has 142 valence electrons. The van der Waals surface area contributed by atoms with Gasteiger partial charge < -0.3 is 14.2 Å². The second-order valence-corrected chi connectivity index (χ2v) is 7.58. The first kappa shape index (κ1) is 19.4. The average Bonchev–Trinajstić information content (AvgIpc) is 3.16. The number of allylic oxidation sites excluding steroid dienone is 1. The highest BCUT2D eigenvalue weighted by atomic mass is 32.2. The summed E-state index contributed by atoms with van der Waals surface area (Å²) < 4.78 is 16.5. The largest absolute Gasteiger partial charge is 0.496 e. The van der Waals surface area contributed by atoms with Crippen molar-refractivity contribution >= 4 is 28.2 Å². The number of thioether (sulfide) groups is 1. The van der Waals surface area contributed by atoms with Crippen LogP contribution in [0.4, 0.5) is 0 Å². The predicted molar refractivity (Wildman–Crippen MR) is 110 cm³/mol. The molecule has 0 amide bonds. The highest BCUT2D eigenvalue weighted by Gasteiger charge is 2.25. The van der Waals surface area contributed by atoms with E-state index in [1.807, 2.05) is 68.1 Å². The van der Waals surface area contributed by atoms with Gasteiger partial charge in [-0.1, -0.05) is 18.2 Å². The first-order valence-electron chi connectivity index (χ1n) is 8.94. The molecule has 0 fully saturated rings. The number of hydrogen-bond donors (Lipinski definition) is 0. The number of esters is 1. The van der Waals surface area contributed by atoms with Gasteiger partial charge in [-0.3, -0.25) is 0 Å². The summed E-state index contributed by atoms with van der Waals surface area (Å²) in [5.74, 6) is 2.32. The molecule has 0 radical (unpaired) electrons. The molecule has 3 rings (SSSR count). The van der Waals surface area contributed by atoms with Crippen molar-refractivity contribution in [3.8, 4) is 11.5 Å². The molecule has 0 unspecified atom stereocenters. The van der Waals surface area contributed by atoms with Crippen molar-refractivity contribution in [2.75, 3.05) is 20.0 Å². The first-order valence-corrected chi connectivity index (χ1v) is 9.92. The zero-order chi connectivity index (χ0) is 19.4. The van der Waals surface area contributed by atoms with E-state index in [1.165, 1.54) is 17.6 Å². The van der Waals surface area contributed by atoms with Crippen molar-refractivity contribution in [1.29, 1.82) is 0 Å². The molecule has 1 aliphatic heterocycles. The van der Waals surface area contributed by atoms with Gasteiger partial charge in [-0.2, -0.15) is 0 Å². The van der Waals surface area contributed by atoms with Crippen molar-refractivity contribution in [2.45, 2.75) is 26.4 Å². The van der Waals surface area contributed by atoms with Crippen LogP contribution < -0.4 is 9.47 Å². The van der Waals surface area contributed by atoms with Crippen molar-refractivity contribution in [3.63, 3.8) is 0 Å². The zero-order valence-corrected chi connectivity index (χ0v) is 16.9. The van der Waals surface area contributed by atoms with Gasteiger partial charge in [0.2, 0.25) is 0 Å². The van der Waals surface area contributed by atoms with E-state index in [-0.39, 0.29) is 12.1 Å². The minimum atomic E-state index is -0.325. The Labute approximate surface area is 164 Å². The van der Waals surface area contributed by atoms with Crippen molar-refractivity contribution < 1.29 is 19.0 Å². The van der Waals surface area contributed by atoms with Crippen LogP contribution in [-0.4, -0.2) is 32.0 Å². The lowest BCUT2D eigenvalue weighted by Crippen LogP contribution is -2.08. The molecule has 0 aliphatic carbocycles. The highest BCUT2D eigenvalue weighted by molar-refractivity contribution is 8.09. The lowest BCUT2D eigenvalue weighted by Gasteiger charge is -2.18. The number of rotatable bonds is 6. The Hall–Kier alpha value is -2.40. The third-order valence-electron chi connectivity index (χ3n) is 4.32. The number of carbonyl (C=O) groups is 1. The molecule has 0 saturated carbocycles. The molecule has 0 atom stereocenters. The fraction of sp³-hybridized carbons (Fsp3) is 0.318. The van der Waals surface area contributed by atoms with Crippen molar-refractivity contribution in [1.82, 2.24) is 0 Å². The van der Waals surface area contributed by atoms with Gasteiger partial charge in [0.15, 0.2) is 0 Å². The van der Waals surface area contributed by atoms with Gasteiger partial charge >= 0.3 is 5.97 Å². The van der Waals surface area contributed by atoms with Crippen molar-refractivity contribution in [3.05, 3.63) is 59.2 Å². The van der Waals surface area contributed by atoms with Crippen LogP contribution in [0.1, 0.15) is 41.8 Å². The van der Waals surface area contributed by atoms with Gasteiger partial charge in [0, 0.05) is 10.7 Å². The summed E-state index contributed by atoms with van der Waals surface area (Å²) in [6.45, 7) is 4.04. The minimum absolute atomic E-state index is 0.0747. The lowest BCUT2D eigenvalue weighted by atomic mass is 9.98. The quantitative estimate of drug-likeness (QED) is 0.635. The normalized spacial score (nSPS) is 13.8. The van der Waals surface area contributed by atoms with E-state index in [0.717, 1.165) is 34.8 Å². The Morgan fingerprint density at radius 1 is 1.04 bits per heavy atom. The third-order valence-corrected chi connectivity index (χ3v) is 5.47. The van der Waals surface area contributed by atoms with Crippen LogP contribution in [0.3, 0.4) is 0 Å². The summed E-state index contributed by atoms with van der Waals surface area (Å²) in [5, 5.41) is 0. The Bertz CT molecular complexity index is 853. The van der Waals surface area contributed by atoms with Crippen LogP contribution in [0, 0.1) is 0 Å². The van der Waals surface area contributed by atoms with Crippen LogP contribution in [0.15, 0.2) is 42.5 Å². The predicted octanol–water partition coefficient (Wildman–Crippen LogP) is 5.27. The second kappa shape index (κ2) is 8.53. The summed E-state index contributed by atoms with van der Waals surface area (Å²) in [6, 6.07) is 13.5. The maximum atomic E-state index is 11.7. The summed E-state index contributed by atoms with van der Waals surface area (Å²) in [4.78, 5) is 12.9.